The number of hydrogen-bond donors (Lipinski definition) is 1. The number of hydrogen-bond acceptors (Lipinski definition) is 2. The van der Waals surface area contributed by atoms with Gasteiger partial charge in [-0.15, -0.1) is 0 Å². The van der Waals surface area contributed by atoms with Crippen molar-refractivity contribution in [3.8, 4) is 0 Å². The van der Waals surface area contributed by atoms with Gasteiger partial charge in [0.2, 0.25) is 5.91 Å². The van der Waals surface area contributed by atoms with Crippen LogP contribution in [0.1, 0.15) is 23.7 Å². The third-order valence-electron chi connectivity index (χ3n) is 3.59. The quantitative estimate of drug-likeness (QED) is 0.925. The predicted octanol–water partition coefficient (Wildman–Crippen LogP) is 2.33. The standard InChI is InChI=1S/C16H16N2O2/c1-2-17-14(19)9-10-18-13-8-4-6-11-5-3-7-12(15(11)13)16(18)20/h3-8H,2,9-10H2,1H3,(H,17,19). The van der Waals surface area contributed by atoms with Crippen LogP contribution in [0.4, 0.5) is 5.69 Å². The van der Waals surface area contributed by atoms with E-state index in [0.29, 0.717) is 19.5 Å². The van der Waals surface area contributed by atoms with Gasteiger partial charge in [-0.1, -0.05) is 24.3 Å². The van der Waals surface area contributed by atoms with Crippen molar-refractivity contribution in [2.75, 3.05) is 18.0 Å². The maximum atomic E-state index is 12.4. The van der Waals surface area contributed by atoms with Crippen LogP contribution in [-0.4, -0.2) is 24.9 Å². The van der Waals surface area contributed by atoms with E-state index in [-0.39, 0.29) is 11.8 Å². The van der Waals surface area contributed by atoms with Crippen molar-refractivity contribution in [2.45, 2.75) is 13.3 Å². The monoisotopic (exact) mass is 268 g/mol. The Morgan fingerprint density at radius 2 is 1.95 bits per heavy atom. The van der Waals surface area contributed by atoms with Gasteiger partial charge in [-0.2, -0.15) is 0 Å². The van der Waals surface area contributed by atoms with Gasteiger partial charge in [0.05, 0.1) is 5.69 Å². The van der Waals surface area contributed by atoms with Gasteiger partial charge < -0.3 is 10.2 Å². The summed E-state index contributed by atoms with van der Waals surface area (Å²) in [6.45, 7) is 2.91. The number of nitrogens with one attached hydrogen (secondary N) is 1. The van der Waals surface area contributed by atoms with E-state index in [1.807, 2.05) is 43.3 Å². The predicted molar refractivity (Wildman–Crippen MR) is 78.9 cm³/mol. The van der Waals surface area contributed by atoms with E-state index in [1.165, 1.54) is 0 Å². The molecule has 102 valence electrons. The summed E-state index contributed by atoms with van der Waals surface area (Å²) >= 11 is 0. The van der Waals surface area contributed by atoms with Gasteiger partial charge in [0.25, 0.3) is 5.91 Å². The largest absolute Gasteiger partial charge is 0.356 e. The minimum Gasteiger partial charge on any atom is -0.356 e. The van der Waals surface area contributed by atoms with Crippen LogP contribution in [0.15, 0.2) is 36.4 Å². The van der Waals surface area contributed by atoms with E-state index in [1.54, 1.807) is 4.90 Å². The third-order valence-corrected chi connectivity index (χ3v) is 3.59. The summed E-state index contributed by atoms with van der Waals surface area (Å²) in [4.78, 5) is 25.7. The summed E-state index contributed by atoms with van der Waals surface area (Å²) < 4.78 is 0. The zero-order valence-electron chi connectivity index (χ0n) is 11.3. The summed E-state index contributed by atoms with van der Waals surface area (Å²) in [5, 5.41) is 4.81. The number of carbonyl (C=O) groups excluding carboxylic acids is 2. The highest BCUT2D eigenvalue weighted by Gasteiger charge is 2.29. The lowest BCUT2D eigenvalue weighted by Gasteiger charge is -2.17. The lowest BCUT2D eigenvalue weighted by molar-refractivity contribution is -0.120. The van der Waals surface area contributed by atoms with Crippen molar-refractivity contribution in [3.05, 3.63) is 42.0 Å². The van der Waals surface area contributed by atoms with Crippen LogP contribution in [0, 0.1) is 0 Å². The zero-order valence-corrected chi connectivity index (χ0v) is 11.3. The first kappa shape index (κ1) is 12.7. The lowest BCUT2D eigenvalue weighted by Crippen LogP contribution is -2.32. The van der Waals surface area contributed by atoms with Crippen LogP contribution in [0.3, 0.4) is 0 Å². The number of anilines is 1. The number of nitrogens with zero attached hydrogens (tertiary/aromatic N) is 1. The maximum absolute atomic E-state index is 12.4. The molecule has 0 atom stereocenters. The van der Waals surface area contributed by atoms with Crippen LogP contribution >= 0.6 is 0 Å². The molecular weight excluding hydrogens is 252 g/mol. The average Bonchev–Trinajstić information content (AvgIpc) is 2.73. The summed E-state index contributed by atoms with van der Waals surface area (Å²) in [5.41, 5.74) is 1.64. The van der Waals surface area contributed by atoms with E-state index in [2.05, 4.69) is 5.32 Å². The molecule has 0 bridgehead atoms. The molecule has 3 rings (SSSR count). The van der Waals surface area contributed by atoms with Gasteiger partial charge in [0.1, 0.15) is 0 Å². The molecule has 0 saturated carbocycles. The summed E-state index contributed by atoms with van der Waals surface area (Å²) in [6.07, 6.45) is 0.323. The molecule has 1 aliphatic rings. The smallest absolute Gasteiger partial charge is 0.259 e. The second kappa shape index (κ2) is 4.96. The van der Waals surface area contributed by atoms with Crippen molar-refractivity contribution < 1.29 is 9.59 Å². The number of amides is 2. The molecule has 0 spiro atoms. The van der Waals surface area contributed by atoms with Gasteiger partial charge in [-0.25, -0.2) is 0 Å². The second-order valence-corrected chi connectivity index (χ2v) is 4.84. The summed E-state index contributed by atoms with van der Waals surface area (Å²) in [6, 6.07) is 11.6. The molecule has 1 heterocycles. The van der Waals surface area contributed by atoms with Crippen LogP contribution in [-0.2, 0) is 4.79 Å². The highest BCUT2D eigenvalue weighted by Crippen LogP contribution is 2.36. The fourth-order valence-corrected chi connectivity index (χ4v) is 2.70. The normalized spacial score (nSPS) is 13.1. The van der Waals surface area contributed by atoms with Crippen LogP contribution < -0.4 is 10.2 Å². The van der Waals surface area contributed by atoms with Gasteiger partial charge in [-0.3, -0.25) is 9.59 Å². The van der Waals surface area contributed by atoms with E-state index in [0.717, 1.165) is 22.0 Å². The first-order chi connectivity index (χ1) is 9.72. The van der Waals surface area contributed by atoms with E-state index in [4.69, 9.17) is 0 Å². The summed E-state index contributed by atoms with van der Waals surface area (Å²) in [7, 11) is 0. The van der Waals surface area contributed by atoms with Crippen molar-refractivity contribution in [1.29, 1.82) is 0 Å². The van der Waals surface area contributed by atoms with Crippen LogP contribution in [0.2, 0.25) is 0 Å². The Morgan fingerprint density at radius 1 is 1.20 bits per heavy atom. The Bertz CT molecular complexity index is 689. The molecule has 0 unspecified atom stereocenters. The third kappa shape index (κ3) is 1.93. The first-order valence-corrected chi connectivity index (χ1v) is 6.82. The summed E-state index contributed by atoms with van der Waals surface area (Å²) in [5.74, 6) is -0.0375. The molecule has 0 saturated heterocycles. The van der Waals surface area contributed by atoms with Crippen LogP contribution in [0.5, 0.6) is 0 Å². The molecule has 4 heteroatoms. The van der Waals surface area contributed by atoms with Gasteiger partial charge in [0, 0.05) is 30.5 Å². The highest BCUT2D eigenvalue weighted by molar-refractivity contribution is 6.25. The fraction of sp³-hybridized carbons (Fsp3) is 0.250. The van der Waals surface area contributed by atoms with Crippen molar-refractivity contribution >= 4 is 28.3 Å². The molecule has 2 amide bonds. The Kier molecular flexibility index (Phi) is 3.14. The fourth-order valence-electron chi connectivity index (χ4n) is 2.70. The zero-order chi connectivity index (χ0) is 14.1. The first-order valence-electron chi connectivity index (χ1n) is 6.82. The Morgan fingerprint density at radius 3 is 2.70 bits per heavy atom. The van der Waals surface area contributed by atoms with Crippen molar-refractivity contribution in [2.24, 2.45) is 0 Å². The van der Waals surface area contributed by atoms with Crippen molar-refractivity contribution in [1.82, 2.24) is 5.32 Å². The maximum Gasteiger partial charge on any atom is 0.259 e. The second-order valence-electron chi connectivity index (χ2n) is 4.84. The van der Waals surface area contributed by atoms with Gasteiger partial charge in [-0.05, 0) is 24.4 Å². The van der Waals surface area contributed by atoms with Gasteiger partial charge in [0.15, 0.2) is 0 Å². The van der Waals surface area contributed by atoms with Gasteiger partial charge >= 0.3 is 0 Å². The number of benzene rings is 2. The molecule has 1 aliphatic heterocycles. The molecule has 0 aromatic heterocycles. The Hall–Kier alpha value is -2.36. The Balaban J connectivity index is 1.91. The molecule has 2 aromatic rings. The van der Waals surface area contributed by atoms with Crippen LogP contribution in [0.25, 0.3) is 10.8 Å². The molecule has 0 radical (unpaired) electrons. The molecular formula is C16H16N2O2. The number of carbonyl (C=O) groups is 2. The van der Waals surface area contributed by atoms with Crippen molar-refractivity contribution in [3.63, 3.8) is 0 Å². The van der Waals surface area contributed by atoms with E-state index >= 15 is 0 Å². The number of rotatable bonds is 4. The molecule has 1 N–H and O–H groups in total. The molecule has 0 aliphatic carbocycles. The Labute approximate surface area is 117 Å². The topological polar surface area (TPSA) is 49.4 Å². The van der Waals surface area contributed by atoms with E-state index < -0.39 is 0 Å². The lowest BCUT2D eigenvalue weighted by atomic mass is 10.1. The molecule has 4 nitrogen and oxygen atoms in total. The molecule has 0 fully saturated rings. The average molecular weight is 268 g/mol. The highest BCUT2D eigenvalue weighted by atomic mass is 16.2. The minimum atomic E-state index is -0.0246. The molecule has 20 heavy (non-hydrogen) atoms. The van der Waals surface area contributed by atoms with E-state index in [9.17, 15) is 9.59 Å². The molecule has 2 aromatic carbocycles. The SMILES string of the molecule is CCNC(=O)CCN1C(=O)c2cccc3cccc1c23. The minimum absolute atomic E-state index is 0.0129.